The lowest BCUT2D eigenvalue weighted by molar-refractivity contribution is -0.451. The van der Waals surface area contributed by atoms with Crippen LogP contribution in [0, 0.1) is 17.3 Å². The second-order valence-electron chi connectivity index (χ2n) is 21.8. The van der Waals surface area contributed by atoms with Gasteiger partial charge in [-0.25, -0.2) is 14.8 Å². The number of aryl methyl sites for hydroxylation is 1. The first-order valence-electron chi connectivity index (χ1n) is 25.7. The van der Waals surface area contributed by atoms with Crippen LogP contribution >= 0.6 is 0 Å². The molecule has 0 saturated carbocycles. The van der Waals surface area contributed by atoms with Crippen LogP contribution in [-0.2, 0) is 41.6 Å². The topological polar surface area (TPSA) is 162 Å². The molecule has 16 heteroatoms. The van der Waals surface area contributed by atoms with E-state index in [1.54, 1.807) is 16.8 Å². The number of esters is 1. The summed E-state index contributed by atoms with van der Waals surface area (Å²) >= 11 is 0. The lowest BCUT2D eigenvalue weighted by Gasteiger charge is -2.47. The Labute approximate surface area is 413 Å². The summed E-state index contributed by atoms with van der Waals surface area (Å²) in [6, 6.07) is 8.05. The normalized spacial score (nSPS) is 23.4. The fourth-order valence-corrected chi connectivity index (χ4v) is 11.6. The number of ether oxygens (including phenoxy) is 2. The maximum absolute atomic E-state index is 14.9. The Bertz CT molecular complexity index is 2500. The van der Waals surface area contributed by atoms with Gasteiger partial charge in [0.05, 0.1) is 36.7 Å². The molecule has 2 aromatic heterocycles. The van der Waals surface area contributed by atoms with Crippen LogP contribution in [0.15, 0.2) is 49.2 Å². The molecule has 2 N–H and O–H groups in total. The number of likely N-dealkylation sites (tertiary alicyclic amines) is 1. The molecule has 5 aliphatic rings. The zero-order valence-corrected chi connectivity index (χ0v) is 42.8. The van der Waals surface area contributed by atoms with E-state index in [0.29, 0.717) is 84.4 Å². The highest BCUT2D eigenvalue weighted by atomic mass is 16.5. The van der Waals surface area contributed by atoms with E-state index in [9.17, 15) is 24.0 Å². The number of likely N-dealkylation sites (N-methyl/N-ethyl adjacent to an activating group) is 1. The summed E-state index contributed by atoms with van der Waals surface area (Å²) in [6.45, 7) is 22.4. The van der Waals surface area contributed by atoms with Crippen molar-refractivity contribution in [3.63, 3.8) is 0 Å². The fourth-order valence-electron chi connectivity index (χ4n) is 11.6. The van der Waals surface area contributed by atoms with Crippen molar-refractivity contribution in [3.05, 3.63) is 60.4 Å². The van der Waals surface area contributed by atoms with Crippen molar-refractivity contribution in [2.45, 2.75) is 136 Å². The number of urea groups is 1. The third-order valence-corrected chi connectivity index (χ3v) is 15.3. The minimum absolute atomic E-state index is 0.0230. The molecule has 3 aromatic rings. The van der Waals surface area contributed by atoms with Gasteiger partial charge in [-0.1, -0.05) is 48.1 Å². The minimum atomic E-state index is -0.938. The number of morpholine rings is 1. The van der Waals surface area contributed by atoms with E-state index in [-0.39, 0.29) is 42.2 Å². The number of piperidine rings is 1. The zero-order chi connectivity index (χ0) is 50.1. The zero-order valence-electron chi connectivity index (χ0n) is 42.8. The lowest BCUT2D eigenvalue weighted by atomic mass is 9.84. The monoisotopic (exact) mass is 963 g/mol. The van der Waals surface area contributed by atoms with E-state index in [0.717, 1.165) is 52.9 Å². The molecule has 4 atom stereocenters. The van der Waals surface area contributed by atoms with Gasteiger partial charge in [0, 0.05) is 92.3 Å². The first kappa shape index (κ1) is 50.8. The maximum Gasteiger partial charge on any atom is 0.324 e. The molecule has 70 heavy (non-hydrogen) atoms. The Balaban J connectivity index is 1.08. The van der Waals surface area contributed by atoms with Gasteiger partial charge in [-0.2, -0.15) is 0 Å². The van der Waals surface area contributed by atoms with Crippen LogP contribution in [0.4, 0.5) is 10.5 Å². The van der Waals surface area contributed by atoms with Gasteiger partial charge in [-0.15, -0.1) is 0 Å². The Morgan fingerprint density at radius 1 is 1.06 bits per heavy atom. The minimum Gasteiger partial charge on any atom is -0.464 e. The molecule has 3 fully saturated rings. The van der Waals surface area contributed by atoms with Crippen LogP contribution in [0.25, 0.3) is 22.2 Å². The molecular weight excluding hydrogens is 887 g/mol. The molecule has 1 unspecified atom stereocenters. The SMILES string of the molecule is C=CC(=O)N1CCOC2(CCN(C(=O)N(C)[C@H](C(=O)N[C@H]3CC4CCC=[N+](C4)c4ccc5c(c4)c(c(-c4cccnc4C(C)C)n5CC)CC(C)(C)COC(=O)[C@@H]4CCCN(N4)C3=O)C(C)C)CC2)C1. The van der Waals surface area contributed by atoms with Crippen molar-refractivity contribution in [1.82, 2.24) is 40.0 Å². The summed E-state index contributed by atoms with van der Waals surface area (Å²) in [5, 5.41) is 5.81. The largest absolute Gasteiger partial charge is 0.464 e. The molecule has 1 aromatic carbocycles. The number of nitrogens with one attached hydrogen (secondary N) is 2. The summed E-state index contributed by atoms with van der Waals surface area (Å²) in [4.78, 5) is 80.2. The second kappa shape index (κ2) is 21.0. The Morgan fingerprint density at radius 2 is 1.83 bits per heavy atom. The van der Waals surface area contributed by atoms with Gasteiger partial charge in [-0.05, 0) is 93.5 Å². The van der Waals surface area contributed by atoms with Gasteiger partial charge >= 0.3 is 12.0 Å². The molecule has 8 rings (SSSR count). The Kier molecular flexibility index (Phi) is 15.2. The number of cyclic esters (lactones) is 1. The molecule has 5 amide bonds. The van der Waals surface area contributed by atoms with Crippen molar-refractivity contribution < 1.29 is 38.0 Å². The van der Waals surface area contributed by atoms with Crippen LogP contribution in [0.1, 0.15) is 111 Å². The molecule has 0 aliphatic carbocycles. The van der Waals surface area contributed by atoms with E-state index in [4.69, 9.17) is 14.5 Å². The predicted octanol–water partition coefficient (Wildman–Crippen LogP) is 6.42. The smallest absolute Gasteiger partial charge is 0.324 e. The van der Waals surface area contributed by atoms with Crippen molar-refractivity contribution in [3.8, 4) is 11.3 Å². The Hall–Kier alpha value is -5.61. The predicted molar refractivity (Wildman–Crippen MR) is 269 cm³/mol. The third-order valence-electron chi connectivity index (χ3n) is 15.3. The van der Waals surface area contributed by atoms with Gasteiger partial charge in [0.2, 0.25) is 17.5 Å². The number of amides is 5. The quantitative estimate of drug-likeness (QED) is 0.148. The van der Waals surface area contributed by atoms with Crippen LogP contribution in [0.5, 0.6) is 0 Å². The van der Waals surface area contributed by atoms with E-state index >= 15 is 0 Å². The summed E-state index contributed by atoms with van der Waals surface area (Å²) in [6.07, 6.45) is 10.2. The summed E-state index contributed by atoms with van der Waals surface area (Å²) in [7, 11) is 1.66. The molecule has 6 bridgehead atoms. The van der Waals surface area contributed by atoms with Gasteiger partial charge < -0.3 is 34.1 Å². The highest BCUT2D eigenvalue weighted by Gasteiger charge is 2.44. The van der Waals surface area contributed by atoms with Crippen molar-refractivity contribution >= 4 is 52.5 Å². The van der Waals surface area contributed by atoms with E-state index in [1.807, 2.05) is 26.1 Å². The van der Waals surface area contributed by atoms with Crippen LogP contribution in [0.2, 0.25) is 0 Å². The van der Waals surface area contributed by atoms with E-state index in [2.05, 4.69) is 91.6 Å². The maximum atomic E-state index is 14.9. The van der Waals surface area contributed by atoms with Crippen molar-refractivity contribution in [2.24, 2.45) is 17.3 Å². The van der Waals surface area contributed by atoms with Crippen LogP contribution < -0.4 is 10.7 Å². The molecule has 1 spiro atoms. The van der Waals surface area contributed by atoms with Crippen LogP contribution in [0.3, 0.4) is 0 Å². The number of rotatable bonds is 8. The summed E-state index contributed by atoms with van der Waals surface area (Å²) in [5.74, 6) is -1.34. The molecule has 5 aliphatic heterocycles. The lowest BCUT2D eigenvalue weighted by Crippen LogP contribution is -2.63. The van der Waals surface area contributed by atoms with Gasteiger partial charge in [-0.3, -0.25) is 29.2 Å². The van der Waals surface area contributed by atoms with Gasteiger partial charge in [0.1, 0.15) is 24.3 Å². The average molecular weight is 963 g/mol. The van der Waals surface area contributed by atoms with Gasteiger partial charge in [0.25, 0.3) is 5.91 Å². The molecular formula is C54H76N9O7+. The first-order valence-corrected chi connectivity index (χ1v) is 25.7. The summed E-state index contributed by atoms with van der Waals surface area (Å²) in [5.41, 5.74) is 8.88. The average Bonchev–Trinajstić information content (AvgIpc) is 3.65. The molecule has 16 nitrogen and oxygen atoms in total. The van der Waals surface area contributed by atoms with Crippen molar-refractivity contribution in [2.75, 3.05) is 59.5 Å². The number of benzene rings is 1. The molecule has 7 heterocycles. The number of fused-ring (bicyclic) bond motifs is 6. The van der Waals surface area contributed by atoms with Crippen LogP contribution in [-0.4, -0.2) is 153 Å². The second-order valence-corrected chi connectivity index (χ2v) is 21.8. The number of nitrogens with zero attached hydrogens (tertiary/aromatic N) is 7. The highest BCUT2D eigenvalue weighted by Crippen LogP contribution is 2.42. The third kappa shape index (κ3) is 10.5. The number of carbonyl (C=O) groups excluding carboxylic acids is 5. The highest BCUT2D eigenvalue weighted by molar-refractivity contribution is 5.95. The number of hydrogen-bond acceptors (Lipinski definition) is 9. The number of aromatic nitrogens is 2. The molecule has 3 saturated heterocycles. The molecule has 378 valence electrons. The van der Waals surface area contributed by atoms with Crippen molar-refractivity contribution in [1.29, 1.82) is 0 Å². The standard InChI is InChI=1S/C54H75N9O7/c1-10-45(64)61-27-28-70-54(33-61)20-25-59(26-21-54)52(68)58(9)47(36(5)6)49(65)56-43-29-37-15-13-23-60(32-37)38-18-19-44-40(30-38)41(48(62(44)11-2)39-16-12-22-55-46(39)35(3)4)31-53(7,8)34-69-51(67)42-17-14-24-63(57-42)50(43)66/h10,12,16,18-19,22-23,30,35-37,42-43,47,57H,1,11,13-15,17,20-21,24-29,31-34H2,2-9H3/p+1/t37?,42-,43-,47-/m0/s1. The van der Waals surface area contributed by atoms with E-state index < -0.39 is 41.0 Å². The van der Waals surface area contributed by atoms with E-state index in [1.165, 1.54) is 21.5 Å². The number of hydrogen-bond donors (Lipinski definition) is 2. The number of pyridine rings is 1. The summed E-state index contributed by atoms with van der Waals surface area (Å²) < 4.78 is 17.1. The Morgan fingerprint density at radius 3 is 2.54 bits per heavy atom. The number of hydrazine groups is 1. The first-order chi connectivity index (χ1) is 33.4. The number of carbonyl (C=O) groups is 5. The molecule has 0 radical (unpaired) electrons. The van der Waals surface area contributed by atoms with Gasteiger partial charge in [0.15, 0.2) is 6.54 Å². The fraction of sp³-hybridized carbons (Fsp3) is 0.611.